The molecule has 21 heavy (non-hydrogen) atoms. The number of ether oxygens (including phenoxy) is 1. The number of hydrogen-bond donors (Lipinski definition) is 0. The second kappa shape index (κ2) is 5.57. The fraction of sp³-hybridized carbons (Fsp3) is 0.211. The highest BCUT2D eigenvalue weighted by molar-refractivity contribution is 5.82. The Labute approximate surface area is 125 Å². The Morgan fingerprint density at radius 2 is 1.57 bits per heavy atom. The van der Waals surface area contributed by atoms with E-state index in [1.807, 2.05) is 18.2 Å². The summed E-state index contributed by atoms with van der Waals surface area (Å²) in [5, 5.41) is 0. The first-order valence-electron chi connectivity index (χ1n) is 7.14. The van der Waals surface area contributed by atoms with Crippen LogP contribution in [0.15, 0.2) is 72.8 Å². The van der Waals surface area contributed by atoms with Crippen molar-refractivity contribution in [3.63, 3.8) is 0 Å². The molecule has 0 radical (unpaired) electrons. The average Bonchev–Trinajstić information content (AvgIpc) is 3.30. The molecular formula is C19H18O2. The third-order valence-electron chi connectivity index (χ3n) is 4.26. The van der Waals surface area contributed by atoms with Gasteiger partial charge in [0.15, 0.2) is 0 Å². The molecule has 1 atom stereocenters. The monoisotopic (exact) mass is 278 g/mol. The summed E-state index contributed by atoms with van der Waals surface area (Å²) in [5.41, 5.74) is 2.60. The summed E-state index contributed by atoms with van der Waals surface area (Å²) in [6, 6.07) is 21.0. The maximum Gasteiger partial charge on any atom is 0.330 e. The molecule has 1 aliphatic carbocycles. The minimum atomic E-state index is -0.295. The van der Waals surface area contributed by atoms with Crippen LogP contribution in [0.4, 0.5) is 0 Å². The summed E-state index contributed by atoms with van der Waals surface area (Å²) in [5.74, 6) is 0.0401. The van der Waals surface area contributed by atoms with Crippen molar-refractivity contribution >= 4 is 5.97 Å². The summed E-state index contributed by atoms with van der Waals surface area (Å²) in [4.78, 5) is 11.3. The maximum atomic E-state index is 11.3. The van der Waals surface area contributed by atoms with E-state index < -0.39 is 0 Å². The fourth-order valence-electron chi connectivity index (χ4n) is 3.08. The number of esters is 1. The Balaban J connectivity index is 1.96. The van der Waals surface area contributed by atoms with Crippen LogP contribution in [0.5, 0.6) is 0 Å². The van der Waals surface area contributed by atoms with E-state index in [0.717, 1.165) is 6.42 Å². The lowest BCUT2D eigenvalue weighted by molar-refractivity contribution is -0.134. The molecule has 1 fully saturated rings. The van der Waals surface area contributed by atoms with Gasteiger partial charge in [0.05, 0.1) is 7.11 Å². The summed E-state index contributed by atoms with van der Waals surface area (Å²) in [7, 11) is 1.40. The van der Waals surface area contributed by atoms with E-state index in [2.05, 4.69) is 53.3 Å². The third-order valence-corrected chi connectivity index (χ3v) is 4.26. The molecule has 0 saturated heterocycles. The maximum absolute atomic E-state index is 11.3. The van der Waals surface area contributed by atoms with Gasteiger partial charge in [-0.15, -0.1) is 0 Å². The van der Waals surface area contributed by atoms with Gasteiger partial charge in [0.2, 0.25) is 0 Å². The standard InChI is InChI=1S/C19H18O2/c1-21-18(20)13-12-17-14-19(17,15-8-4-2-5-9-15)16-10-6-3-7-11-16/h2-13,17H,14H2,1H3. The van der Waals surface area contributed by atoms with Crippen LogP contribution in [-0.4, -0.2) is 13.1 Å². The Morgan fingerprint density at radius 3 is 2.05 bits per heavy atom. The molecule has 106 valence electrons. The fourth-order valence-corrected chi connectivity index (χ4v) is 3.08. The molecule has 0 bridgehead atoms. The third kappa shape index (κ3) is 2.49. The van der Waals surface area contributed by atoms with Gasteiger partial charge in [-0.2, -0.15) is 0 Å². The molecule has 0 N–H and O–H groups in total. The number of benzene rings is 2. The van der Waals surface area contributed by atoms with Crippen molar-refractivity contribution < 1.29 is 9.53 Å². The van der Waals surface area contributed by atoms with E-state index >= 15 is 0 Å². The van der Waals surface area contributed by atoms with Crippen LogP contribution in [0, 0.1) is 5.92 Å². The van der Waals surface area contributed by atoms with Crippen LogP contribution in [0.3, 0.4) is 0 Å². The molecule has 0 aliphatic heterocycles. The molecule has 0 heterocycles. The van der Waals surface area contributed by atoms with E-state index in [4.69, 9.17) is 0 Å². The van der Waals surface area contributed by atoms with Gasteiger partial charge < -0.3 is 4.74 Å². The van der Waals surface area contributed by atoms with Crippen LogP contribution < -0.4 is 0 Å². The number of allylic oxidation sites excluding steroid dienone is 1. The van der Waals surface area contributed by atoms with Crippen LogP contribution in [-0.2, 0) is 14.9 Å². The van der Waals surface area contributed by atoms with Gasteiger partial charge >= 0.3 is 5.97 Å². The molecule has 2 aromatic rings. The van der Waals surface area contributed by atoms with Gasteiger partial charge in [0, 0.05) is 11.5 Å². The SMILES string of the molecule is COC(=O)C=CC1CC1(c1ccccc1)c1ccccc1. The second-order valence-electron chi connectivity index (χ2n) is 5.40. The lowest BCUT2D eigenvalue weighted by Gasteiger charge is -2.18. The Bertz CT molecular complexity index is 604. The zero-order valence-corrected chi connectivity index (χ0v) is 12.0. The number of carbonyl (C=O) groups excluding carboxylic acids is 1. The lowest BCUT2D eigenvalue weighted by atomic mass is 9.85. The van der Waals surface area contributed by atoms with Crippen molar-refractivity contribution in [1.82, 2.24) is 0 Å². The number of hydrogen-bond acceptors (Lipinski definition) is 2. The van der Waals surface area contributed by atoms with Gasteiger partial charge in [-0.1, -0.05) is 66.7 Å². The first-order chi connectivity index (χ1) is 10.3. The van der Waals surface area contributed by atoms with Crippen molar-refractivity contribution in [2.24, 2.45) is 5.92 Å². The molecule has 1 unspecified atom stereocenters. The van der Waals surface area contributed by atoms with Crippen molar-refractivity contribution in [2.75, 3.05) is 7.11 Å². The van der Waals surface area contributed by atoms with Gasteiger partial charge in [-0.25, -0.2) is 4.79 Å². The Hall–Kier alpha value is -2.35. The smallest absolute Gasteiger partial charge is 0.330 e. The molecule has 2 nitrogen and oxygen atoms in total. The molecule has 0 aromatic heterocycles. The molecule has 2 aromatic carbocycles. The predicted octanol–water partition coefficient (Wildman–Crippen LogP) is 3.72. The molecule has 0 spiro atoms. The van der Waals surface area contributed by atoms with Crippen LogP contribution in [0.1, 0.15) is 17.5 Å². The van der Waals surface area contributed by atoms with Crippen LogP contribution >= 0.6 is 0 Å². The van der Waals surface area contributed by atoms with Crippen molar-refractivity contribution in [2.45, 2.75) is 11.8 Å². The van der Waals surface area contributed by atoms with Gasteiger partial charge in [-0.3, -0.25) is 0 Å². The van der Waals surface area contributed by atoms with E-state index in [0.29, 0.717) is 5.92 Å². The zero-order chi connectivity index (χ0) is 14.7. The van der Waals surface area contributed by atoms with E-state index in [-0.39, 0.29) is 11.4 Å². The highest BCUT2D eigenvalue weighted by Gasteiger charge is 2.54. The quantitative estimate of drug-likeness (QED) is 0.629. The number of carbonyl (C=O) groups is 1. The topological polar surface area (TPSA) is 26.3 Å². The van der Waals surface area contributed by atoms with Crippen LogP contribution in [0.2, 0.25) is 0 Å². The minimum absolute atomic E-state index is 0.00690. The van der Waals surface area contributed by atoms with Gasteiger partial charge in [0.25, 0.3) is 0 Å². The molecule has 0 amide bonds. The first kappa shape index (κ1) is 13.6. The largest absolute Gasteiger partial charge is 0.466 e. The summed E-state index contributed by atoms with van der Waals surface area (Å²) in [6.07, 6.45) is 4.54. The van der Waals surface area contributed by atoms with Crippen molar-refractivity contribution in [3.8, 4) is 0 Å². The van der Waals surface area contributed by atoms with Gasteiger partial charge in [0.1, 0.15) is 0 Å². The zero-order valence-electron chi connectivity index (χ0n) is 12.0. The highest BCUT2D eigenvalue weighted by atomic mass is 16.5. The van der Waals surface area contributed by atoms with Crippen LogP contribution in [0.25, 0.3) is 0 Å². The van der Waals surface area contributed by atoms with Gasteiger partial charge in [-0.05, 0) is 23.5 Å². The van der Waals surface area contributed by atoms with Crippen molar-refractivity contribution in [3.05, 3.63) is 83.9 Å². The Kier molecular flexibility index (Phi) is 3.61. The summed E-state index contributed by atoms with van der Waals surface area (Å²) < 4.78 is 4.68. The average molecular weight is 278 g/mol. The highest BCUT2D eigenvalue weighted by Crippen LogP contribution is 2.59. The lowest BCUT2D eigenvalue weighted by Crippen LogP contribution is -2.11. The minimum Gasteiger partial charge on any atom is -0.466 e. The first-order valence-corrected chi connectivity index (χ1v) is 7.14. The molecule has 1 saturated carbocycles. The van der Waals surface area contributed by atoms with E-state index in [1.54, 1.807) is 0 Å². The summed E-state index contributed by atoms with van der Waals surface area (Å²) in [6.45, 7) is 0. The number of methoxy groups -OCH3 is 1. The summed E-state index contributed by atoms with van der Waals surface area (Å²) >= 11 is 0. The normalized spacial score (nSPS) is 19.4. The molecule has 1 aliphatic rings. The molecule has 2 heteroatoms. The van der Waals surface area contributed by atoms with E-state index in [1.165, 1.54) is 24.3 Å². The number of rotatable bonds is 4. The van der Waals surface area contributed by atoms with E-state index in [9.17, 15) is 4.79 Å². The Morgan fingerprint density at radius 1 is 1.05 bits per heavy atom. The molecule has 3 rings (SSSR count). The predicted molar refractivity (Wildman–Crippen MR) is 82.9 cm³/mol. The second-order valence-corrected chi connectivity index (χ2v) is 5.40. The molecular weight excluding hydrogens is 260 g/mol. The van der Waals surface area contributed by atoms with Crippen molar-refractivity contribution in [1.29, 1.82) is 0 Å².